The molecule has 1 unspecified atom stereocenters. The van der Waals surface area contributed by atoms with Crippen molar-refractivity contribution in [3.8, 4) is 0 Å². The van der Waals surface area contributed by atoms with Gasteiger partial charge in [-0.2, -0.15) is 5.10 Å². The number of aromatic nitrogens is 2. The Bertz CT molecular complexity index is 766. The third-order valence-corrected chi connectivity index (χ3v) is 4.86. The van der Waals surface area contributed by atoms with Crippen molar-refractivity contribution in [1.29, 1.82) is 0 Å². The largest absolute Gasteiger partial charge is 0.364 e. The Hall–Kier alpha value is -2.37. The second-order valence-electron chi connectivity index (χ2n) is 6.29. The van der Waals surface area contributed by atoms with Crippen LogP contribution in [0.3, 0.4) is 0 Å². The van der Waals surface area contributed by atoms with Crippen LogP contribution in [-0.2, 0) is 7.05 Å². The quantitative estimate of drug-likeness (QED) is 0.641. The van der Waals surface area contributed by atoms with E-state index in [2.05, 4.69) is 23.8 Å². The van der Waals surface area contributed by atoms with E-state index in [1.165, 1.54) is 11.3 Å². The summed E-state index contributed by atoms with van der Waals surface area (Å²) in [6, 6.07) is 5.70. The van der Waals surface area contributed by atoms with Gasteiger partial charge >= 0.3 is 0 Å². The number of hydrogen-bond donors (Lipinski definition) is 0. The number of nitro groups is 1. The van der Waals surface area contributed by atoms with Gasteiger partial charge < -0.3 is 4.90 Å². The van der Waals surface area contributed by atoms with E-state index in [1.807, 2.05) is 23.9 Å². The Morgan fingerprint density at radius 2 is 2.04 bits per heavy atom. The molecule has 0 spiro atoms. The number of benzene rings is 1. The van der Waals surface area contributed by atoms with Crippen molar-refractivity contribution in [3.05, 3.63) is 50.8 Å². The van der Waals surface area contributed by atoms with E-state index in [0.717, 1.165) is 30.8 Å². The average molecular weight is 314 g/mol. The summed E-state index contributed by atoms with van der Waals surface area (Å²) in [5, 5.41) is 15.6. The number of nitro benzene ring substituents is 1. The second-order valence-corrected chi connectivity index (χ2v) is 6.29. The first kappa shape index (κ1) is 15.5. The van der Waals surface area contributed by atoms with E-state index >= 15 is 0 Å². The Balaban J connectivity index is 1.99. The van der Waals surface area contributed by atoms with Gasteiger partial charge in [0.25, 0.3) is 5.69 Å². The molecule has 2 aromatic rings. The van der Waals surface area contributed by atoms with E-state index in [1.54, 1.807) is 13.0 Å². The number of aryl methyl sites for hydroxylation is 3. The molecule has 1 aliphatic heterocycles. The van der Waals surface area contributed by atoms with E-state index in [4.69, 9.17) is 0 Å². The molecular formula is C17H22N4O2. The lowest BCUT2D eigenvalue weighted by molar-refractivity contribution is -0.385. The van der Waals surface area contributed by atoms with Crippen molar-refractivity contribution in [2.45, 2.75) is 39.7 Å². The van der Waals surface area contributed by atoms with Crippen LogP contribution in [-0.4, -0.2) is 21.2 Å². The summed E-state index contributed by atoms with van der Waals surface area (Å²) in [6.45, 7) is 6.93. The zero-order valence-corrected chi connectivity index (χ0v) is 14.0. The van der Waals surface area contributed by atoms with Crippen LogP contribution in [0.4, 0.5) is 11.4 Å². The molecule has 0 aliphatic carbocycles. The third kappa shape index (κ3) is 2.58. The van der Waals surface area contributed by atoms with Crippen molar-refractivity contribution >= 4 is 11.4 Å². The summed E-state index contributed by atoms with van der Waals surface area (Å²) >= 11 is 0. The molecule has 0 saturated carbocycles. The summed E-state index contributed by atoms with van der Waals surface area (Å²) in [4.78, 5) is 13.0. The molecule has 1 saturated heterocycles. The molecule has 1 atom stereocenters. The number of nitrogens with zero attached hydrogens (tertiary/aromatic N) is 4. The highest BCUT2D eigenvalue weighted by Gasteiger charge is 2.31. The van der Waals surface area contributed by atoms with Crippen LogP contribution in [0.1, 0.15) is 41.4 Å². The normalized spacial score (nSPS) is 17.7. The fraction of sp³-hybridized carbons (Fsp3) is 0.471. The van der Waals surface area contributed by atoms with E-state index in [-0.39, 0.29) is 10.6 Å². The van der Waals surface area contributed by atoms with Gasteiger partial charge in [-0.15, -0.1) is 0 Å². The monoisotopic (exact) mass is 314 g/mol. The molecule has 23 heavy (non-hydrogen) atoms. The smallest absolute Gasteiger partial charge is 0.272 e. The summed E-state index contributed by atoms with van der Waals surface area (Å²) < 4.78 is 1.93. The van der Waals surface area contributed by atoms with Gasteiger partial charge in [0.1, 0.15) is 0 Å². The molecule has 0 bridgehead atoms. The predicted octanol–water partition coefficient (Wildman–Crippen LogP) is 3.60. The van der Waals surface area contributed by atoms with E-state index < -0.39 is 0 Å². The summed E-state index contributed by atoms with van der Waals surface area (Å²) in [6.07, 6.45) is 2.21. The average Bonchev–Trinajstić information content (AvgIpc) is 3.04. The molecule has 0 radical (unpaired) electrons. The molecular weight excluding hydrogens is 292 g/mol. The zero-order valence-electron chi connectivity index (χ0n) is 14.0. The molecule has 1 aromatic carbocycles. The van der Waals surface area contributed by atoms with Crippen LogP contribution in [0.15, 0.2) is 18.2 Å². The summed E-state index contributed by atoms with van der Waals surface area (Å²) in [5.41, 5.74) is 5.49. The summed E-state index contributed by atoms with van der Waals surface area (Å²) in [5.74, 6) is 0. The SMILES string of the molecule is Cc1cc(N2CCCC2c2c(C)nn(C)c2C)ccc1[N+](=O)[O-]. The molecule has 122 valence electrons. The van der Waals surface area contributed by atoms with E-state index in [9.17, 15) is 10.1 Å². The lowest BCUT2D eigenvalue weighted by Gasteiger charge is -2.27. The first-order valence-corrected chi connectivity index (χ1v) is 7.92. The van der Waals surface area contributed by atoms with Crippen LogP contribution >= 0.6 is 0 Å². The lowest BCUT2D eigenvalue weighted by Crippen LogP contribution is -2.23. The van der Waals surface area contributed by atoms with Crippen LogP contribution in [0.2, 0.25) is 0 Å². The van der Waals surface area contributed by atoms with Crippen LogP contribution < -0.4 is 4.90 Å². The fourth-order valence-electron chi connectivity index (χ4n) is 3.67. The molecule has 6 heteroatoms. The molecule has 1 aromatic heterocycles. The maximum atomic E-state index is 11.0. The molecule has 1 fully saturated rings. The van der Waals surface area contributed by atoms with Crippen LogP contribution in [0, 0.1) is 30.9 Å². The van der Waals surface area contributed by atoms with Crippen molar-refractivity contribution in [2.24, 2.45) is 7.05 Å². The van der Waals surface area contributed by atoms with Crippen molar-refractivity contribution in [3.63, 3.8) is 0 Å². The van der Waals surface area contributed by atoms with Crippen molar-refractivity contribution in [2.75, 3.05) is 11.4 Å². The van der Waals surface area contributed by atoms with Gasteiger partial charge in [0, 0.05) is 42.2 Å². The highest BCUT2D eigenvalue weighted by atomic mass is 16.6. The minimum atomic E-state index is -0.323. The Kier molecular flexibility index (Phi) is 3.83. The first-order valence-electron chi connectivity index (χ1n) is 7.92. The van der Waals surface area contributed by atoms with Gasteiger partial charge in [-0.25, -0.2) is 0 Å². The van der Waals surface area contributed by atoms with E-state index in [0.29, 0.717) is 11.6 Å². The number of rotatable bonds is 3. The topological polar surface area (TPSA) is 64.2 Å². The van der Waals surface area contributed by atoms with Gasteiger partial charge in [-0.1, -0.05) is 0 Å². The Morgan fingerprint density at radius 1 is 1.30 bits per heavy atom. The summed E-state index contributed by atoms with van der Waals surface area (Å²) in [7, 11) is 1.97. The Labute approximate surface area is 135 Å². The van der Waals surface area contributed by atoms with Crippen molar-refractivity contribution in [1.82, 2.24) is 9.78 Å². The van der Waals surface area contributed by atoms with Crippen molar-refractivity contribution < 1.29 is 4.92 Å². The highest BCUT2D eigenvalue weighted by molar-refractivity contribution is 5.57. The highest BCUT2D eigenvalue weighted by Crippen LogP contribution is 2.39. The molecule has 3 rings (SSSR count). The van der Waals surface area contributed by atoms with Crippen LogP contribution in [0.25, 0.3) is 0 Å². The minimum Gasteiger partial charge on any atom is -0.364 e. The second kappa shape index (κ2) is 5.68. The standard InChI is InChI=1S/C17H22N4O2/c1-11-10-14(7-8-15(11)21(22)23)20-9-5-6-16(20)17-12(2)18-19(4)13(17)3/h7-8,10,16H,5-6,9H2,1-4H3. The molecule has 6 nitrogen and oxygen atoms in total. The van der Waals surface area contributed by atoms with Gasteiger partial charge in [-0.3, -0.25) is 14.8 Å². The maximum absolute atomic E-state index is 11.0. The number of anilines is 1. The van der Waals surface area contributed by atoms with Gasteiger partial charge in [0.15, 0.2) is 0 Å². The Morgan fingerprint density at radius 3 is 2.61 bits per heavy atom. The fourth-order valence-corrected chi connectivity index (χ4v) is 3.67. The van der Waals surface area contributed by atoms with Gasteiger partial charge in [0.05, 0.1) is 16.7 Å². The number of hydrogen-bond acceptors (Lipinski definition) is 4. The molecule has 2 heterocycles. The third-order valence-electron chi connectivity index (χ3n) is 4.86. The van der Waals surface area contributed by atoms with Gasteiger partial charge in [-0.05, 0) is 45.7 Å². The maximum Gasteiger partial charge on any atom is 0.272 e. The predicted molar refractivity (Wildman–Crippen MR) is 89.8 cm³/mol. The van der Waals surface area contributed by atoms with Crippen LogP contribution in [0.5, 0.6) is 0 Å². The molecule has 0 amide bonds. The lowest BCUT2D eigenvalue weighted by atomic mass is 10.0. The zero-order chi connectivity index (χ0) is 16.7. The molecule has 0 N–H and O–H groups in total. The molecule has 1 aliphatic rings. The first-order chi connectivity index (χ1) is 10.9. The van der Waals surface area contributed by atoms with Gasteiger partial charge in [0.2, 0.25) is 0 Å². The minimum absolute atomic E-state index is 0.179.